The Balaban J connectivity index is 2.27. The van der Waals surface area contributed by atoms with Gasteiger partial charge >= 0.3 is 0 Å². The lowest BCUT2D eigenvalue weighted by atomic mass is 10.1. The number of aromatic hydroxyl groups is 1. The van der Waals surface area contributed by atoms with E-state index in [4.69, 9.17) is 5.73 Å². The van der Waals surface area contributed by atoms with Gasteiger partial charge in [-0.25, -0.2) is 0 Å². The molecule has 2 rings (SSSR count). The molecule has 1 heterocycles. The van der Waals surface area contributed by atoms with Crippen molar-refractivity contribution in [1.29, 1.82) is 0 Å². The molecule has 1 aromatic carbocycles. The quantitative estimate of drug-likeness (QED) is 0.656. The maximum atomic E-state index is 9.36. The molecule has 1 aromatic heterocycles. The van der Waals surface area contributed by atoms with E-state index in [-0.39, 0.29) is 5.75 Å². The Kier molecular flexibility index (Phi) is 2.98. The van der Waals surface area contributed by atoms with Crippen LogP contribution >= 0.6 is 27.3 Å². The molecule has 0 bridgehead atoms. The van der Waals surface area contributed by atoms with Gasteiger partial charge < -0.3 is 10.8 Å². The molecule has 0 spiro atoms. The molecule has 0 unspecified atom stereocenters. The van der Waals surface area contributed by atoms with Gasteiger partial charge in [0.05, 0.1) is 3.79 Å². The summed E-state index contributed by atoms with van der Waals surface area (Å²) < 4.78 is 1.11. The highest BCUT2D eigenvalue weighted by Crippen LogP contribution is 2.27. The second kappa shape index (κ2) is 4.24. The Labute approximate surface area is 100 Å². The molecule has 0 saturated carbocycles. The molecule has 0 amide bonds. The standard InChI is InChI=1S/C11H10BrNOS/c12-11-4-2-9(15-11)6-7-5-8(14)1-3-10(7)13/h1-5,14H,6,13H2. The highest BCUT2D eigenvalue weighted by molar-refractivity contribution is 9.11. The average molecular weight is 284 g/mol. The van der Waals surface area contributed by atoms with Gasteiger partial charge in [-0.1, -0.05) is 0 Å². The van der Waals surface area contributed by atoms with Crippen molar-refractivity contribution in [2.45, 2.75) is 6.42 Å². The normalized spacial score (nSPS) is 10.5. The fourth-order valence-corrected chi connectivity index (χ4v) is 2.89. The van der Waals surface area contributed by atoms with Gasteiger partial charge in [0.25, 0.3) is 0 Å². The minimum atomic E-state index is 0.259. The second-order valence-electron chi connectivity index (χ2n) is 3.27. The first-order valence-electron chi connectivity index (χ1n) is 4.47. The van der Waals surface area contributed by atoms with E-state index < -0.39 is 0 Å². The minimum absolute atomic E-state index is 0.259. The number of nitrogen functional groups attached to an aromatic ring is 1. The Morgan fingerprint density at radius 1 is 1.27 bits per heavy atom. The summed E-state index contributed by atoms with van der Waals surface area (Å²) in [6, 6.07) is 9.11. The number of anilines is 1. The molecular formula is C11H10BrNOS. The van der Waals surface area contributed by atoms with Gasteiger partial charge in [0.1, 0.15) is 5.75 Å². The number of nitrogens with two attached hydrogens (primary N) is 1. The summed E-state index contributed by atoms with van der Waals surface area (Å²) in [5, 5.41) is 9.36. The third-order valence-electron chi connectivity index (χ3n) is 2.12. The molecule has 0 saturated heterocycles. The topological polar surface area (TPSA) is 46.2 Å². The van der Waals surface area contributed by atoms with Gasteiger partial charge in [-0.2, -0.15) is 0 Å². The zero-order valence-corrected chi connectivity index (χ0v) is 10.3. The number of phenolic OH excluding ortho intramolecular Hbond substituents is 1. The maximum absolute atomic E-state index is 9.36. The van der Waals surface area contributed by atoms with E-state index in [0.29, 0.717) is 0 Å². The Morgan fingerprint density at radius 2 is 2.07 bits per heavy atom. The van der Waals surface area contributed by atoms with E-state index >= 15 is 0 Å². The summed E-state index contributed by atoms with van der Waals surface area (Å²) in [6.45, 7) is 0. The Hall–Kier alpha value is -1.000. The van der Waals surface area contributed by atoms with Crippen LogP contribution in [0.3, 0.4) is 0 Å². The molecule has 0 radical (unpaired) electrons. The molecule has 2 nitrogen and oxygen atoms in total. The number of halogens is 1. The highest BCUT2D eigenvalue weighted by atomic mass is 79.9. The van der Waals surface area contributed by atoms with Crippen LogP contribution in [0.4, 0.5) is 5.69 Å². The molecule has 15 heavy (non-hydrogen) atoms. The largest absolute Gasteiger partial charge is 0.508 e. The predicted molar refractivity (Wildman–Crippen MR) is 67.3 cm³/mol. The summed E-state index contributed by atoms with van der Waals surface area (Å²) >= 11 is 5.09. The van der Waals surface area contributed by atoms with E-state index in [1.54, 1.807) is 29.5 Å². The maximum Gasteiger partial charge on any atom is 0.116 e. The lowest BCUT2D eigenvalue weighted by Crippen LogP contribution is -1.93. The van der Waals surface area contributed by atoms with Crippen LogP contribution in [0, 0.1) is 0 Å². The molecular weight excluding hydrogens is 274 g/mol. The van der Waals surface area contributed by atoms with Crippen LogP contribution in [0.25, 0.3) is 0 Å². The number of rotatable bonds is 2. The fraction of sp³-hybridized carbons (Fsp3) is 0.0909. The first-order valence-corrected chi connectivity index (χ1v) is 6.07. The van der Waals surface area contributed by atoms with Crippen molar-refractivity contribution in [2.75, 3.05) is 5.73 Å². The van der Waals surface area contributed by atoms with E-state index in [0.717, 1.165) is 21.5 Å². The summed E-state index contributed by atoms with van der Waals surface area (Å²) in [5.74, 6) is 0.259. The summed E-state index contributed by atoms with van der Waals surface area (Å²) in [4.78, 5) is 1.22. The van der Waals surface area contributed by atoms with E-state index in [2.05, 4.69) is 22.0 Å². The molecule has 4 heteroatoms. The van der Waals surface area contributed by atoms with Crippen molar-refractivity contribution in [3.8, 4) is 5.75 Å². The third kappa shape index (κ3) is 2.52. The molecule has 0 atom stereocenters. The first-order chi connectivity index (χ1) is 7.15. The van der Waals surface area contributed by atoms with E-state index in [1.807, 2.05) is 6.07 Å². The molecule has 0 aliphatic heterocycles. The molecule has 0 aliphatic rings. The lowest BCUT2D eigenvalue weighted by Gasteiger charge is -2.04. The smallest absolute Gasteiger partial charge is 0.116 e. The van der Waals surface area contributed by atoms with Crippen molar-refractivity contribution in [1.82, 2.24) is 0 Å². The van der Waals surface area contributed by atoms with Crippen LogP contribution in [0.1, 0.15) is 10.4 Å². The minimum Gasteiger partial charge on any atom is -0.508 e. The average Bonchev–Trinajstić information content (AvgIpc) is 2.58. The van der Waals surface area contributed by atoms with Crippen molar-refractivity contribution < 1.29 is 5.11 Å². The summed E-state index contributed by atoms with van der Waals surface area (Å²) in [7, 11) is 0. The zero-order chi connectivity index (χ0) is 10.8. The van der Waals surface area contributed by atoms with Gasteiger partial charge in [-0.3, -0.25) is 0 Å². The zero-order valence-electron chi connectivity index (χ0n) is 7.90. The van der Waals surface area contributed by atoms with Crippen molar-refractivity contribution in [3.05, 3.63) is 44.6 Å². The van der Waals surface area contributed by atoms with Crippen LogP contribution in [0.5, 0.6) is 5.75 Å². The SMILES string of the molecule is Nc1ccc(O)cc1Cc1ccc(Br)s1. The third-order valence-corrected chi connectivity index (χ3v) is 3.74. The van der Waals surface area contributed by atoms with Gasteiger partial charge in [0.15, 0.2) is 0 Å². The van der Waals surface area contributed by atoms with Crippen LogP contribution in [0.2, 0.25) is 0 Å². The molecule has 78 valence electrons. The Bertz CT molecular complexity index is 481. The van der Waals surface area contributed by atoms with Gasteiger partial charge in [0.2, 0.25) is 0 Å². The second-order valence-corrected chi connectivity index (χ2v) is 5.81. The number of hydrogen-bond acceptors (Lipinski definition) is 3. The van der Waals surface area contributed by atoms with Gasteiger partial charge in [-0.05, 0) is 51.8 Å². The summed E-state index contributed by atoms with van der Waals surface area (Å²) in [5.41, 5.74) is 7.51. The number of hydrogen-bond donors (Lipinski definition) is 2. The Morgan fingerprint density at radius 3 is 2.73 bits per heavy atom. The van der Waals surface area contributed by atoms with Gasteiger partial charge in [0, 0.05) is 17.0 Å². The lowest BCUT2D eigenvalue weighted by molar-refractivity contribution is 0.475. The van der Waals surface area contributed by atoms with Crippen LogP contribution < -0.4 is 5.73 Å². The first kappa shape index (κ1) is 10.5. The number of benzene rings is 1. The molecule has 3 N–H and O–H groups in total. The number of phenols is 1. The highest BCUT2D eigenvalue weighted by Gasteiger charge is 2.04. The van der Waals surface area contributed by atoms with Crippen molar-refractivity contribution >= 4 is 33.0 Å². The monoisotopic (exact) mass is 283 g/mol. The van der Waals surface area contributed by atoms with Crippen LogP contribution in [0.15, 0.2) is 34.1 Å². The molecule has 0 fully saturated rings. The van der Waals surface area contributed by atoms with Gasteiger partial charge in [-0.15, -0.1) is 11.3 Å². The van der Waals surface area contributed by atoms with Crippen molar-refractivity contribution in [2.24, 2.45) is 0 Å². The number of thiophene rings is 1. The van der Waals surface area contributed by atoms with Crippen molar-refractivity contribution in [3.63, 3.8) is 0 Å². The molecule has 2 aromatic rings. The van der Waals surface area contributed by atoms with Crippen LogP contribution in [-0.4, -0.2) is 5.11 Å². The molecule has 0 aliphatic carbocycles. The van der Waals surface area contributed by atoms with E-state index in [1.165, 1.54) is 4.88 Å². The summed E-state index contributed by atoms with van der Waals surface area (Å²) in [6.07, 6.45) is 0.760. The van der Waals surface area contributed by atoms with E-state index in [9.17, 15) is 5.11 Å². The predicted octanol–water partition coefficient (Wildman–Crippen LogP) is 3.39. The van der Waals surface area contributed by atoms with Crippen LogP contribution in [-0.2, 0) is 6.42 Å². The fourth-order valence-electron chi connectivity index (χ4n) is 1.38.